The number of hydrogen-bond acceptors (Lipinski definition) is 6. The molecule has 1 aliphatic rings. The highest BCUT2D eigenvalue weighted by atomic mass is 16.5. The van der Waals surface area contributed by atoms with Gasteiger partial charge in [0.2, 0.25) is 5.82 Å². The first kappa shape index (κ1) is 15.7. The van der Waals surface area contributed by atoms with Crippen LogP contribution in [0, 0.1) is 0 Å². The zero-order valence-electron chi connectivity index (χ0n) is 14.6. The summed E-state index contributed by atoms with van der Waals surface area (Å²) in [5.41, 5.74) is 2.55. The van der Waals surface area contributed by atoms with E-state index in [1.54, 1.807) is 36.2 Å². The van der Waals surface area contributed by atoms with E-state index in [-0.39, 0.29) is 11.7 Å². The summed E-state index contributed by atoms with van der Waals surface area (Å²) in [7, 11) is 1.64. The summed E-state index contributed by atoms with van der Waals surface area (Å²) < 4.78 is 12.3. The minimum absolute atomic E-state index is 0.0708. The van der Waals surface area contributed by atoms with Gasteiger partial charge in [0.25, 0.3) is 5.78 Å². The van der Waals surface area contributed by atoms with Gasteiger partial charge in [-0.3, -0.25) is 4.79 Å². The summed E-state index contributed by atoms with van der Waals surface area (Å²) in [6, 6.07) is 11.4. The first-order chi connectivity index (χ1) is 13.2. The number of fused-ring (bicyclic) bond motifs is 3. The second-order valence-corrected chi connectivity index (χ2v) is 6.54. The molecular weight excluding hydrogens is 344 g/mol. The fourth-order valence-electron chi connectivity index (χ4n) is 3.57. The van der Waals surface area contributed by atoms with Crippen molar-refractivity contribution in [2.45, 2.75) is 18.8 Å². The van der Waals surface area contributed by atoms with Crippen molar-refractivity contribution in [3.05, 3.63) is 65.7 Å². The molecule has 3 heterocycles. The molecular formula is C20H16N4O3. The Morgan fingerprint density at radius 3 is 2.78 bits per heavy atom. The van der Waals surface area contributed by atoms with Crippen molar-refractivity contribution in [2.75, 3.05) is 7.11 Å². The molecule has 7 heteroatoms. The lowest BCUT2D eigenvalue weighted by molar-refractivity contribution is 0.0962. The van der Waals surface area contributed by atoms with Gasteiger partial charge < -0.3 is 9.15 Å². The molecule has 0 saturated carbocycles. The average Bonchev–Trinajstić information content (AvgIpc) is 3.37. The van der Waals surface area contributed by atoms with Crippen LogP contribution in [0.2, 0.25) is 0 Å². The Morgan fingerprint density at radius 2 is 2.04 bits per heavy atom. The molecule has 0 spiro atoms. The number of Topliss-reactive ketones (excluding diaryl/α,β-unsaturated/α-hetero) is 1. The Hall–Kier alpha value is -3.48. The van der Waals surface area contributed by atoms with E-state index in [9.17, 15) is 4.79 Å². The van der Waals surface area contributed by atoms with Gasteiger partial charge in [-0.15, -0.1) is 5.10 Å². The van der Waals surface area contributed by atoms with Gasteiger partial charge in [-0.25, -0.2) is 4.98 Å². The Balaban J connectivity index is 1.58. The summed E-state index contributed by atoms with van der Waals surface area (Å²) in [5.74, 6) is 2.44. The van der Waals surface area contributed by atoms with Gasteiger partial charge >= 0.3 is 0 Å². The average molecular weight is 360 g/mol. The van der Waals surface area contributed by atoms with Crippen LogP contribution in [0.1, 0.15) is 34.0 Å². The third-order valence-corrected chi connectivity index (χ3v) is 4.97. The van der Waals surface area contributed by atoms with E-state index in [0.29, 0.717) is 35.8 Å². The highest BCUT2D eigenvalue weighted by molar-refractivity contribution is 5.98. The monoisotopic (exact) mass is 360 g/mol. The van der Waals surface area contributed by atoms with Gasteiger partial charge in [0, 0.05) is 12.6 Å². The molecule has 5 rings (SSSR count). The Bertz CT molecular complexity index is 1130. The number of nitrogens with zero attached hydrogens (tertiary/aromatic N) is 4. The number of carbonyl (C=O) groups is 1. The number of methoxy groups -OCH3 is 1. The molecule has 1 aromatic carbocycles. The third-order valence-electron chi connectivity index (χ3n) is 4.97. The molecule has 1 unspecified atom stereocenters. The minimum Gasteiger partial charge on any atom is -0.497 e. The molecule has 0 radical (unpaired) electrons. The van der Waals surface area contributed by atoms with Crippen LogP contribution in [0.15, 0.2) is 53.3 Å². The third kappa shape index (κ3) is 2.59. The second kappa shape index (κ2) is 6.05. The topological polar surface area (TPSA) is 82.5 Å². The first-order valence-electron chi connectivity index (χ1n) is 8.68. The molecule has 4 aromatic rings. The lowest BCUT2D eigenvalue weighted by Gasteiger charge is -2.24. The Morgan fingerprint density at radius 1 is 1.19 bits per heavy atom. The van der Waals surface area contributed by atoms with Gasteiger partial charge in [-0.05, 0) is 42.2 Å². The molecule has 27 heavy (non-hydrogen) atoms. The Kier molecular flexibility index (Phi) is 3.53. The van der Waals surface area contributed by atoms with Crippen molar-refractivity contribution in [3.63, 3.8) is 0 Å². The lowest BCUT2D eigenvalue weighted by Crippen LogP contribution is -2.22. The van der Waals surface area contributed by atoms with Crippen LogP contribution in [0.25, 0.3) is 17.4 Å². The highest BCUT2D eigenvalue weighted by Gasteiger charge is 2.29. The molecule has 1 aliphatic carbocycles. The van der Waals surface area contributed by atoms with Crippen molar-refractivity contribution < 1.29 is 13.9 Å². The van der Waals surface area contributed by atoms with E-state index in [1.807, 2.05) is 24.3 Å². The van der Waals surface area contributed by atoms with E-state index in [2.05, 4.69) is 15.1 Å². The maximum atomic E-state index is 12.7. The molecule has 0 fully saturated rings. The number of ketones is 1. The van der Waals surface area contributed by atoms with Crippen LogP contribution in [-0.2, 0) is 6.42 Å². The van der Waals surface area contributed by atoms with E-state index in [0.717, 1.165) is 17.0 Å². The smallest absolute Gasteiger partial charge is 0.253 e. The molecule has 0 bridgehead atoms. The van der Waals surface area contributed by atoms with Crippen molar-refractivity contribution >= 4 is 11.6 Å². The number of rotatable bonds is 3. The van der Waals surface area contributed by atoms with Crippen molar-refractivity contribution in [2.24, 2.45) is 0 Å². The number of hydrogen-bond donors (Lipinski definition) is 0. The summed E-state index contributed by atoms with van der Waals surface area (Å²) in [6.45, 7) is 0. The highest BCUT2D eigenvalue weighted by Crippen LogP contribution is 2.33. The largest absolute Gasteiger partial charge is 0.497 e. The van der Waals surface area contributed by atoms with Crippen molar-refractivity contribution in [3.8, 4) is 17.3 Å². The Labute approximate surface area is 154 Å². The molecule has 0 saturated heterocycles. The molecule has 134 valence electrons. The second-order valence-electron chi connectivity index (χ2n) is 6.54. The fraction of sp³-hybridized carbons (Fsp3) is 0.200. The van der Waals surface area contributed by atoms with Gasteiger partial charge in [0.1, 0.15) is 5.75 Å². The van der Waals surface area contributed by atoms with E-state index in [1.165, 1.54) is 0 Å². The molecule has 3 aromatic heterocycles. The van der Waals surface area contributed by atoms with Gasteiger partial charge in [-0.1, -0.05) is 12.1 Å². The number of furan rings is 1. The predicted molar refractivity (Wildman–Crippen MR) is 96.9 cm³/mol. The van der Waals surface area contributed by atoms with Crippen LogP contribution in [-0.4, -0.2) is 32.5 Å². The van der Waals surface area contributed by atoms with Gasteiger partial charge in [-0.2, -0.15) is 9.50 Å². The number of benzene rings is 1. The van der Waals surface area contributed by atoms with E-state index in [4.69, 9.17) is 9.15 Å². The van der Waals surface area contributed by atoms with Crippen LogP contribution in [0.4, 0.5) is 0 Å². The molecule has 0 aliphatic heterocycles. The molecule has 7 nitrogen and oxygen atoms in total. The zero-order valence-corrected chi connectivity index (χ0v) is 14.6. The zero-order chi connectivity index (χ0) is 18.4. The summed E-state index contributed by atoms with van der Waals surface area (Å²) in [4.78, 5) is 21.5. The maximum absolute atomic E-state index is 12.7. The summed E-state index contributed by atoms with van der Waals surface area (Å²) in [5, 5.41) is 4.54. The standard InChI is InChI=1S/C20H16N4O3/c1-26-14-6-4-12(5-7-14)13-9-16-15(17(25)10-13)11-21-20-22-19(23-24(16)20)18-3-2-8-27-18/h2-8,11,13H,9-10H2,1H3. The molecule has 0 amide bonds. The van der Waals surface area contributed by atoms with E-state index >= 15 is 0 Å². The number of ether oxygens (including phenoxy) is 1. The van der Waals surface area contributed by atoms with E-state index < -0.39 is 0 Å². The van der Waals surface area contributed by atoms with Crippen LogP contribution in [0.5, 0.6) is 5.75 Å². The SMILES string of the molecule is COc1ccc(C2CC(=O)c3cnc4nc(-c5ccco5)nn4c3C2)cc1. The normalized spacial score (nSPS) is 16.5. The first-order valence-corrected chi connectivity index (χ1v) is 8.68. The number of aromatic nitrogens is 4. The quantitative estimate of drug-likeness (QED) is 0.557. The van der Waals surface area contributed by atoms with Crippen LogP contribution < -0.4 is 4.74 Å². The van der Waals surface area contributed by atoms with Crippen molar-refractivity contribution in [1.82, 2.24) is 19.6 Å². The summed E-state index contributed by atoms with van der Waals surface area (Å²) >= 11 is 0. The van der Waals surface area contributed by atoms with Crippen LogP contribution >= 0.6 is 0 Å². The number of carbonyl (C=O) groups excluding carboxylic acids is 1. The minimum atomic E-state index is 0.0708. The van der Waals surface area contributed by atoms with Gasteiger partial charge in [0.05, 0.1) is 24.6 Å². The van der Waals surface area contributed by atoms with Gasteiger partial charge in [0.15, 0.2) is 11.5 Å². The summed E-state index contributed by atoms with van der Waals surface area (Å²) in [6.07, 6.45) is 4.32. The lowest BCUT2D eigenvalue weighted by atomic mass is 9.82. The van der Waals surface area contributed by atoms with Crippen LogP contribution in [0.3, 0.4) is 0 Å². The van der Waals surface area contributed by atoms with Crippen molar-refractivity contribution in [1.29, 1.82) is 0 Å². The molecule has 0 N–H and O–H groups in total. The fourth-order valence-corrected chi connectivity index (χ4v) is 3.57. The maximum Gasteiger partial charge on any atom is 0.253 e. The molecule has 1 atom stereocenters. The predicted octanol–water partition coefficient (Wildman–Crippen LogP) is 3.31.